The molecule has 49 heavy (non-hydrogen) atoms. The van der Waals surface area contributed by atoms with Crippen LogP contribution in [0.3, 0.4) is 0 Å². The van der Waals surface area contributed by atoms with Crippen LogP contribution in [0, 0.1) is 5.41 Å². The number of fused-ring (bicyclic) bond motifs is 4. The second kappa shape index (κ2) is 12.5. The number of nitrogens with one attached hydrogen (secondary N) is 2. The van der Waals surface area contributed by atoms with Crippen LogP contribution in [0.5, 0.6) is 23.0 Å². The molecule has 4 aliphatic heterocycles. The van der Waals surface area contributed by atoms with Crippen LogP contribution in [0.25, 0.3) is 5.57 Å². The van der Waals surface area contributed by atoms with Gasteiger partial charge in [-0.05, 0) is 59.9 Å². The summed E-state index contributed by atoms with van der Waals surface area (Å²) in [4.78, 5) is 31.1. The van der Waals surface area contributed by atoms with Crippen molar-refractivity contribution in [3.8, 4) is 23.0 Å². The summed E-state index contributed by atoms with van der Waals surface area (Å²) in [6.07, 6.45) is 6.76. The lowest BCUT2D eigenvalue weighted by Gasteiger charge is -2.21. The van der Waals surface area contributed by atoms with E-state index in [1.807, 2.05) is 47.5 Å². The van der Waals surface area contributed by atoms with Gasteiger partial charge < -0.3 is 44.5 Å². The first-order valence-corrected chi connectivity index (χ1v) is 17.1. The van der Waals surface area contributed by atoms with Gasteiger partial charge in [-0.25, -0.2) is 0 Å². The summed E-state index contributed by atoms with van der Waals surface area (Å²) in [7, 11) is 3.15. The van der Waals surface area contributed by atoms with E-state index in [1.165, 1.54) is 12.8 Å². The van der Waals surface area contributed by atoms with Crippen LogP contribution in [-0.4, -0.2) is 85.9 Å². The van der Waals surface area contributed by atoms with Crippen molar-refractivity contribution in [1.82, 2.24) is 9.80 Å². The van der Waals surface area contributed by atoms with Gasteiger partial charge in [-0.3, -0.25) is 9.59 Å². The van der Waals surface area contributed by atoms with Crippen molar-refractivity contribution in [1.29, 1.82) is 0 Å². The predicted molar refractivity (Wildman–Crippen MR) is 185 cm³/mol. The van der Waals surface area contributed by atoms with Crippen molar-refractivity contribution in [3.63, 3.8) is 0 Å². The zero-order chi connectivity index (χ0) is 33.7. The third-order valence-electron chi connectivity index (χ3n) is 10.6. The Morgan fingerprint density at radius 1 is 0.816 bits per heavy atom. The molecule has 0 bridgehead atoms. The number of amides is 2. The van der Waals surface area contributed by atoms with E-state index >= 15 is 0 Å². The molecule has 11 nitrogen and oxygen atoms in total. The second-order valence-corrected chi connectivity index (χ2v) is 13.8. The number of aliphatic hydroxyl groups is 1. The first-order chi connectivity index (χ1) is 23.9. The van der Waals surface area contributed by atoms with E-state index < -0.39 is 0 Å². The van der Waals surface area contributed by atoms with Gasteiger partial charge in [-0.15, -0.1) is 0 Å². The lowest BCUT2D eigenvalue weighted by molar-refractivity contribution is 0.0743. The minimum Gasteiger partial charge on any atom is -0.493 e. The van der Waals surface area contributed by atoms with E-state index in [0.717, 1.165) is 48.3 Å². The van der Waals surface area contributed by atoms with Crippen molar-refractivity contribution < 1.29 is 33.6 Å². The SMILES string of the molecule is COc1cc2c(cc1OCCCOc1cc3c(cc1OC)C(=O)N1CC4(CC4)C[C@H]1CN3)NC[C@@H]1CC(c3ccc(CO)cc3)=CN1C2=O. The Hall–Kier alpha value is -4.90. The number of anilines is 2. The Morgan fingerprint density at radius 2 is 1.43 bits per heavy atom. The normalized spacial score (nSPS) is 21.3. The summed E-state index contributed by atoms with van der Waals surface area (Å²) in [5.74, 6) is 2.09. The molecule has 0 aromatic heterocycles. The van der Waals surface area contributed by atoms with E-state index in [2.05, 4.69) is 10.6 Å². The van der Waals surface area contributed by atoms with Crippen LogP contribution in [0.2, 0.25) is 0 Å². The molecular formula is C38H42N4O7. The third kappa shape index (κ3) is 5.79. The highest BCUT2D eigenvalue weighted by Gasteiger charge is 2.54. The lowest BCUT2D eigenvalue weighted by atomic mass is 10.0. The molecule has 2 amide bonds. The molecule has 256 valence electrons. The largest absolute Gasteiger partial charge is 0.493 e. The number of nitrogens with zero attached hydrogens (tertiary/aromatic N) is 2. The minimum absolute atomic E-state index is 0.000710. The second-order valence-electron chi connectivity index (χ2n) is 13.8. The lowest BCUT2D eigenvalue weighted by Crippen LogP contribution is -2.37. The van der Waals surface area contributed by atoms with Gasteiger partial charge >= 0.3 is 0 Å². The van der Waals surface area contributed by atoms with Crippen LogP contribution in [0.15, 0.2) is 54.7 Å². The molecule has 3 N–H and O–H groups in total. The number of carbonyl (C=O) groups is 2. The van der Waals surface area contributed by atoms with Crippen molar-refractivity contribution in [2.24, 2.45) is 5.41 Å². The quantitative estimate of drug-likeness (QED) is 0.253. The average Bonchev–Trinajstić information content (AvgIpc) is 3.66. The molecule has 3 aromatic carbocycles. The van der Waals surface area contributed by atoms with Crippen molar-refractivity contribution in [2.75, 3.05) is 57.7 Å². The highest BCUT2D eigenvalue weighted by atomic mass is 16.5. The Morgan fingerprint density at radius 3 is 2.02 bits per heavy atom. The number of carbonyl (C=O) groups excluding carboxylic acids is 2. The molecule has 2 fully saturated rings. The van der Waals surface area contributed by atoms with Crippen LogP contribution in [0.1, 0.15) is 63.9 Å². The summed E-state index contributed by atoms with van der Waals surface area (Å²) in [5, 5.41) is 16.3. The number of rotatable bonds is 10. The molecule has 5 aliphatic rings. The highest BCUT2D eigenvalue weighted by molar-refractivity contribution is 6.03. The zero-order valence-electron chi connectivity index (χ0n) is 27.9. The molecule has 11 heteroatoms. The standard InChI is InChI=1S/C38H42N4O7/c1-46-32-13-28-30(39-18-26-12-25(20-41(26)36(28)44)24-6-4-23(21-43)5-7-24)15-34(32)48-10-3-11-49-35-16-31-29(14-33(35)47-2)37(45)42-22-38(8-9-38)17-27(42)19-40-31/h4-7,13-16,20,26-27,39-40,43H,3,8-12,17-19,21-22H2,1-2H3/t26-,27-/m0/s1. The summed E-state index contributed by atoms with van der Waals surface area (Å²) in [5.41, 5.74) is 5.97. The number of hydrogen-bond donors (Lipinski definition) is 3. The van der Waals surface area contributed by atoms with Crippen molar-refractivity contribution in [2.45, 2.75) is 50.8 Å². The molecule has 0 unspecified atom stereocenters. The minimum atomic E-state index is -0.0941. The Balaban J connectivity index is 0.903. The number of methoxy groups -OCH3 is 2. The summed E-state index contributed by atoms with van der Waals surface area (Å²) >= 11 is 0. The third-order valence-corrected chi connectivity index (χ3v) is 10.6. The maximum Gasteiger partial charge on any atom is 0.260 e. The Bertz CT molecular complexity index is 1820. The van der Waals surface area contributed by atoms with Crippen LogP contribution in [0.4, 0.5) is 11.4 Å². The molecular weight excluding hydrogens is 624 g/mol. The number of hydrogen-bond acceptors (Lipinski definition) is 9. The molecule has 1 spiro atoms. The molecule has 1 saturated heterocycles. The maximum absolute atomic E-state index is 13.7. The molecule has 2 atom stereocenters. The molecule has 1 saturated carbocycles. The molecule has 4 heterocycles. The van der Waals surface area contributed by atoms with Crippen LogP contribution < -0.4 is 29.6 Å². The van der Waals surface area contributed by atoms with E-state index in [-0.39, 0.29) is 30.5 Å². The fraction of sp³-hybridized carbons (Fsp3) is 0.421. The predicted octanol–water partition coefficient (Wildman–Crippen LogP) is 5.15. The van der Waals surface area contributed by atoms with Gasteiger partial charge in [0.25, 0.3) is 11.8 Å². The Kier molecular flexibility index (Phi) is 8.02. The summed E-state index contributed by atoms with van der Waals surface area (Å²) in [6, 6.07) is 15.2. The van der Waals surface area contributed by atoms with E-state index in [0.29, 0.717) is 71.4 Å². The van der Waals surface area contributed by atoms with E-state index in [9.17, 15) is 14.7 Å². The molecule has 1 aliphatic carbocycles. The van der Waals surface area contributed by atoms with E-state index in [4.69, 9.17) is 18.9 Å². The number of aliphatic hydroxyl groups excluding tert-OH is 1. The fourth-order valence-corrected chi connectivity index (χ4v) is 7.70. The topological polar surface area (TPSA) is 122 Å². The summed E-state index contributed by atoms with van der Waals surface area (Å²) < 4.78 is 23.6. The molecule has 8 rings (SSSR count). The highest BCUT2D eigenvalue weighted by Crippen LogP contribution is 2.55. The first kappa shape index (κ1) is 31.4. The maximum atomic E-state index is 13.7. The van der Waals surface area contributed by atoms with Crippen LogP contribution in [-0.2, 0) is 6.61 Å². The van der Waals surface area contributed by atoms with Gasteiger partial charge in [0.05, 0.1) is 62.6 Å². The fourth-order valence-electron chi connectivity index (χ4n) is 7.70. The van der Waals surface area contributed by atoms with Gasteiger partial charge in [0, 0.05) is 50.4 Å². The summed E-state index contributed by atoms with van der Waals surface area (Å²) in [6.45, 7) is 2.91. The van der Waals surface area contributed by atoms with E-state index in [1.54, 1.807) is 31.3 Å². The number of benzene rings is 3. The van der Waals surface area contributed by atoms with Crippen molar-refractivity contribution >= 4 is 28.8 Å². The zero-order valence-corrected chi connectivity index (χ0v) is 27.9. The average molecular weight is 667 g/mol. The monoisotopic (exact) mass is 666 g/mol. The van der Waals surface area contributed by atoms with Crippen molar-refractivity contribution in [3.05, 3.63) is 77.0 Å². The Labute approximate surface area is 285 Å². The van der Waals surface area contributed by atoms with Gasteiger partial charge in [0.15, 0.2) is 23.0 Å². The molecule has 3 aromatic rings. The van der Waals surface area contributed by atoms with Gasteiger partial charge in [-0.2, -0.15) is 0 Å². The van der Waals surface area contributed by atoms with Crippen LogP contribution >= 0.6 is 0 Å². The van der Waals surface area contributed by atoms with Gasteiger partial charge in [-0.1, -0.05) is 24.3 Å². The molecule has 0 radical (unpaired) electrons. The number of ether oxygens (including phenoxy) is 4. The van der Waals surface area contributed by atoms with Gasteiger partial charge in [0.1, 0.15) is 0 Å². The first-order valence-electron chi connectivity index (χ1n) is 17.1. The smallest absolute Gasteiger partial charge is 0.260 e. The van der Waals surface area contributed by atoms with Gasteiger partial charge in [0.2, 0.25) is 0 Å².